The molecule has 2 aromatic rings. The molecule has 1 aliphatic carbocycles. The van der Waals surface area contributed by atoms with Crippen LogP contribution in [-0.2, 0) is 10.3 Å². The molecule has 3 rings (SSSR count). The van der Waals surface area contributed by atoms with E-state index in [1.54, 1.807) is 7.11 Å². The van der Waals surface area contributed by atoms with Gasteiger partial charge < -0.3 is 9.84 Å². The molecule has 1 N–H and O–H groups in total. The number of benzene rings is 2. The summed E-state index contributed by atoms with van der Waals surface area (Å²) >= 11 is 0. The molecule has 0 amide bonds. The Morgan fingerprint density at radius 3 is 2.33 bits per heavy atom. The first kappa shape index (κ1) is 14.3. The second-order valence-corrected chi connectivity index (χ2v) is 5.87. The second kappa shape index (κ2) is 6.00. The summed E-state index contributed by atoms with van der Waals surface area (Å²) in [7, 11) is 1.64. The van der Waals surface area contributed by atoms with Crippen LogP contribution in [0.15, 0.2) is 54.6 Å². The van der Waals surface area contributed by atoms with E-state index in [1.807, 2.05) is 42.5 Å². The monoisotopic (exact) mass is 282 g/mol. The zero-order chi connectivity index (χ0) is 14.7. The average Bonchev–Trinajstić information content (AvgIpc) is 2.47. The summed E-state index contributed by atoms with van der Waals surface area (Å²) in [5, 5.41) is 11.4. The fourth-order valence-corrected chi connectivity index (χ4v) is 3.19. The SMILES string of the molecule is COCC(O)(c1ccccc1)c1ccccc1C1CCC1. The molecule has 0 heterocycles. The minimum Gasteiger partial charge on any atom is -0.381 e. The van der Waals surface area contributed by atoms with Crippen molar-refractivity contribution in [2.45, 2.75) is 30.8 Å². The van der Waals surface area contributed by atoms with E-state index in [4.69, 9.17) is 4.74 Å². The van der Waals surface area contributed by atoms with Crippen molar-refractivity contribution in [1.82, 2.24) is 0 Å². The highest BCUT2D eigenvalue weighted by Gasteiger charge is 2.36. The van der Waals surface area contributed by atoms with E-state index >= 15 is 0 Å². The van der Waals surface area contributed by atoms with Gasteiger partial charge in [-0.3, -0.25) is 0 Å². The molecule has 0 aromatic heterocycles. The lowest BCUT2D eigenvalue weighted by Crippen LogP contribution is -2.34. The van der Waals surface area contributed by atoms with Gasteiger partial charge in [-0.1, -0.05) is 61.0 Å². The first-order valence-corrected chi connectivity index (χ1v) is 7.62. The molecule has 0 radical (unpaired) electrons. The van der Waals surface area contributed by atoms with Crippen LogP contribution in [0.25, 0.3) is 0 Å². The highest BCUT2D eigenvalue weighted by atomic mass is 16.5. The van der Waals surface area contributed by atoms with Gasteiger partial charge in [0, 0.05) is 7.11 Å². The minimum absolute atomic E-state index is 0.265. The molecule has 0 spiro atoms. The van der Waals surface area contributed by atoms with Crippen molar-refractivity contribution in [2.75, 3.05) is 13.7 Å². The molecule has 1 saturated carbocycles. The van der Waals surface area contributed by atoms with Crippen LogP contribution < -0.4 is 0 Å². The fourth-order valence-electron chi connectivity index (χ4n) is 3.19. The lowest BCUT2D eigenvalue weighted by Gasteiger charge is -2.35. The number of rotatable bonds is 5. The summed E-state index contributed by atoms with van der Waals surface area (Å²) in [5.74, 6) is 0.577. The maximum Gasteiger partial charge on any atom is 0.138 e. The zero-order valence-corrected chi connectivity index (χ0v) is 12.5. The normalized spacial score (nSPS) is 18.0. The number of ether oxygens (including phenoxy) is 1. The van der Waals surface area contributed by atoms with Gasteiger partial charge in [-0.2, -0.15) is 0 Å². The molecule has 0 aliphatic heterocycles. The molecule has 1 atom stereocenters. The van der Waals surface area contributed by atoms with Gasteiger partial charge in [0.25, 0.3) is 0 Å². The fraction of sp³-hybridized carbons (Fsp3) is 0.368. The Morgan fingerprint density at radius 1 is 1.05 bits per heavy atom. The third-order valence-electron chi connectivity index (χ3n) is 4.56. The van der Waals surface area contributed by atoms with Gasteiger partial charge in [-0.25, -0.2) is 0 Å². The summed E-state index contributed by atoms with van der Waals surface area (Å²) in [6, 6.07) is 18.1. The predicted molar refractivity (Wildman–Crippen MR) is 84.4 cm³/mol. The van der Waals surface area contributed by atoms with E-state index < -0.39 is 5.60 Å². The maximum atomic E-state index is 11.4. The molecule has 2 nitrogen and oxygen atoms in total. The van der Waals surface area contributed by atoms with E-state index in [1.165, 1.54) is 24.8 Å². The molecule has 110 valence electrons. The molecule has 2 aromatic carbocycles. The van der Waals surface area contributed by atoms with Crippen molar-refractivity contribution in [3.8, 4) is 0 Å². The molecule has 21 heavy (non-hydrogen) atoms. The van der Waals surface area contributed by atoms with Crippen molar-refractivity contribution >= 4 is 0 Å². The summed E-state index contributed by atoms with van der Waals surface area (Å²) in [6.07, 6.45) is 3.72. The first-order chi connectivity index (χ1) is 10.3. The Balaban J connectivity index is 2.09. The van der Waals surface area contributed by atoms with E-state index in [-0.39, 0.29) is 6.61 Å². The smallest absolute Gasteiger partial charge is 0.138 e. The van der Waals surface area contributed by atoms with E-state index in [0.717, 1.165) is 11.1 Å². The van der Waals surface area contributed by atoms with Crippen molar-refractivity contribution in [3.05, 3.63) is 71.3 Å². The molecule has 1 unspecified atom stereocenters. The van der Waals surface area contributed by atoms with Crippen molar-refractivity contribution in [1.29, 1.82) is 0 Å². The van der Waals surface area contributed by atoms with Crippen LogP contribution in [0.1, 0.15) is 41.9 Å². The number of hydrogen-bond acceptors (Lipinski definition) is 2. The standard InChI is InChI=1S/C19H22O2/c1-21-14-19(20,16-10-3-2-4-11-16)18-13-6-5-12-17(18)15-8-7-9-15/h2-6,10-13,15,20H,7-9,14H2,1H3. The van der Waals surface area contributed by atoms with Crippen LogP contribution in [0, 0.1) is 0 Å². The third-order valence-corrected chi connectivity index (χ3v) is 4.56. The lowest BCUT2D eigenvalue weighted by atomic mass is 9.74. The highest BCUT2D eigenvalue weighted by Crippen LogP contribution is 2.42. The topological polar surface area (TPSA) is 29.5 Å². The van der Waals surface area contributed by atoms with Crippen LogP contribution in [0.5, 0.6) is 0 Å². The summed E-state index contributed by atoms with van der Waals surface area (Å²) in [4.78, 5) is 0. The number of hydrogen-bond donors (Lipinski definition) is 1. The van der Waals surface area contributed by atoms with Crippen molar-refractivity contribution < 1.29 is 9.84 Å². The van der Waals surface area contributed by atoms with Crippen LogP contribution in [-0.4, -0.2) is 18.8 Å². The molecule has 0 bridgehead atoms. The van der Waals surface area contributed by atoms with Crippen LogP contribution >= 0.6 is 0 Å². The van der Waals surface area contributed by atoms with Crippen molar-refractivity contribution in [3.63, 3.8) is 0 Å². The Labute approximate surface area is 126 Å². The van der Waals surface area contributed by atoms with Crippen LogP contribution in [0.2, 0.25) is 0 Å². The van der Waals surface area contributed by atoms with E-state index in [0.29, 0.717) is 5.92 Å². The van der Waals surface area contributed by atoms with Gasteiger partial charge in [0.15, 0.2) is 0 Å². The van der Waals surface area contributed by atoms with Crippen LogP contribution in [0.3, 0.4) is 0 Å². The van der Waals surface area contributed by atoms with Gasteiger partial charge >= 0.3 is 0 Å². The molecular formula is C19H22O2. The molecule has 1 fully saturated rings. The predicted octanol–water partition coefficient (Wildman–Crippen LogP) is 3.84. The molecular weight excluding hydrogens is 260 g/mol. The largest absolute Gasteiger partial charge is 0.381 e. The quantitative estimate of drug-likeness (QED) is 0.903. The highest BCUT2D eigenvalue weighted by molar-refractivity contribution is 5.43. The Bertz CT molecular complexity index is 590. The molecule has 2 heteroatoms. The zero-order valence-electron chi connectivity index (χ0n) is 12.5. The molecule has 1 aliphatic rings. The van der Waals surface area contributed by atoms with Gasteiger partial charge in [0.05, 0.1) is 6.61 Å². The van der Waals surface area contributed by atoms with Gasteiger partial charge in [0.2, 0.25) is 0 Å². The van der Waals surface area contributed by atoms with Crippen LogP contribution in [0.4, 0.5) is 0 Å². The first-order valence-electron chi connectivity index (χ1n) is 7.62. The summed E-state index contributed by atoms with van der Waals surface area (Å²) in [5.41, 5.74) is 2.07. The Kier molecular flexibility index (Phi) is 4.09. The van der Waals surface area contributed by atoms with Crippen molar-refractivity contribution in [2.24, 2.45) is 0 Å². The Hall–Kier alpha value is -1.64. The lowest BCUT2D eigenvalue weighted by molar-refractivity contribution is -0.00436. The summed E-state index contributed by atoms with van der Waals surface area (Å²) < 4.78 is 5.35. The minimum atomic E-state index is -1.08. The maximum absolute atomic E-state index is 11.4. The average molecular weight is 282 g/mol. The van der Waals surface area contributed by atoms with E-state index in [9.17, 15) is 5.11 Å². The molecule has 0 saturated heterocycles. The second-order valence-electron chi connectivity index (χ2n) is 5.87. The van der Waals surface area contributed by atoms with E-state index in [2.05, 4.69) is 12.1 Å². The summed E-state index contributed by atoms with van der Waals surface area (Å²) in [6.45, 7) is 0.265. The third kappa shape index (κ3) is 2.61. The Morgan fingerprint density at radius 2 is 1.71 bits per heavy atom. The van der Waals surface area contributed by atoms with Gasteiger partial charge in [-0.15, -0.1) is 0 Å². The van der Waals surface area contributed by atoms with Gasteiger partial charge in [0.1, 0.15) is 5.60 Å². The number of aliphatic hydroxyl groups is 1. The number of methoxy groups -OCH3 is 1. The van der Waals surface area contributed by atoms with Gasteiger partial charge in [-0.05, 0) is 35.4 Å².